The minimum atomic E-state index is 0.332. The summed E-state index contributed by atoms with van der Waals surface area (Å²) in [6.45, 7) is 2.57. The lowest BCUT2D eigenvalue weighted by Crippen LogP contribution is -1.81. The molecule has 1 nitrogen and oxygen atoms in total. The summed E-state index contributed by atoms with van der Waals surface area (Å²) in [5.41, 5.74) is 0. The second kappa shape index (κ2) is 17.2. The Morgan fingerprint density at radius 1 is 0.632 bits per heavy atom. The molecule has 19 heavy (non-hydrogen) atoms. The van der Waals surface area contributed by atoms with Crippen LogP contribution >= 0.6 is 0 Å². The first-order valence-corrected chi connectivity index (χ1v) is 7.97. The van der Waals surface area contributed by atoms with E-state index >= 15 is 0 Å². The standard InChI is InChI=1S/C18H32O/c1-2-3-4-5-6-7-8-9-10-11-12-13-14-15-16-17-18-19/h6-7,9-10,12-13,19H,2-5,8,11,14-18H2,1H3/b7-6?,10-9?,13-12-. The molecule has 0 amide bonds. The fraction of sp³-hybridized carbons (Fsp3) is 0.667. The largest absolute Gasteiger partial charge is 0.396 e. The third-order valence-electron chi connectivity index (χ3n) is 3.05. The van der Waals surface area contributed by atoms with E-state index in [4.69, 9.17) is 5.11 Å². The van der Waals surface area contributed by atoms with Gasteiger partial charge in [0.2, 0.25) is 0 Å². The highest BCUT2D eigenvalue weighted by Crippen LogP contribution is 2.02. The fourth-order valence-corrected chi connectivity index (χ4v) is 1.84. The number of aliphatic hydroxyl groups is 1. The molecule has 0 saturated carbocycles. The Bertz CT molecular complexity index is 238. The third kappa shape index (κ3) is 17.2. The lowest BCUT2D eigenvalue weighted by molar-refractivity contribution is 0.283. The van der Waals surface area contributed by atoms with E-state index in [0.29, 0.717) is 6.61 Å². The van der Waals surface area contributed by atoms with E-state index in [-0.39, 0.29) is 0 Å². The van der Waals surface area contributed by atoms with E-state index < -0.39 is 0 Å². The first-order chi connectivity index (χ1) is 9.41. The highest BCUT2D eigenvalue weighted by molar-refractivity contribution is 4.97. The summed E-state index contributed by atoms with van der Waals surface area (Å²) in [6.07, 6.45) is 25.3. The first kappa shape index (κ1) is 18.2. The van der Waals surface area contributed by atoms with Gasteiger partial charge in [0.25, 0.3) is 0 Å². The van der Waals surface area contributed by atoms with Crippen LogP contribution in [0, 0.1) is 0 Å². The van der Waals surface area contributed by atoms with Crippen LogP contribution < -0.4 is 0 Å². The van der Waals surface area contributed by atoms with Crippen molar-refractivity contribution in [1.82, 2.24) is 0 Å². The minimum Gasteiger partial charge on any atom is -0.396 e. The van der Waals surface area contributed by atoms with Crippen molar-refractivity contribution in [2.75, 3.05) is 6.61 Å². The maximum absolute atomic E-state index is 8.64. The van der Waals surface area contributed by atoms with E-state index in [1.165, 1.54) is 32.1 Å². The van der Waals surface area contributed by atoms with Crippen LogP contribution in [0.3, 0.4) is 0 Å². The van der Waals surface area contributed by atoms with Crippen LogP contribution in [0.1, 0.15) is 71.1 Å². The van der Waals surface area contributed by atoms with Crippen molar-refractivity contribution in [3.8, 4) is 0 Å². The van der Waals surface area contributed by atoms with Crippen LogP contribution in [0.2, 0.25) is 0 Å². The number of hydrogen-bond donors (Lipinski definition) is 1. The molecule has 0 aromatic heterocycles. The van der Waals surface area contributed by atoms with Gasteiger partial charge in [-0.2, -0.15) is 0 Å². The van der Waals surface area contributed by atoms with Gasteiger partial charge >= 0.3 is 0 Å². The zero-order valence-electron chi connectivity index (χ0n) is 12.7. The van der Waals surface area contributed by atoms with Crippen molar-refractivity contribution in [3.05, 3.63) is 36.5 Å². The summed E-state index contributed by atoms with van der Waals surface area (Å²) < 4.78 is 0. The predicted molar refractivity (Wildman–Crippen MR) is 86.3 cm³/mol. The van der Waals surface area contributed by atoms with E-state index in [1.54, 1.807) is 0 Å². The average Bonchev–Trinajstić information content (AvgIpc) is 2.43. The maximum Gasteiger partial charge on any atom is 0.0431 e. The molecule has 0 rings (SSSR count). The van der Waals surface area contributed by atoms with Gasteiger partial charge in [0.05, 0.1) is 0 Å². The quantitative estimate of drug-likeness (QED) is 0.340. The molecular formula is C18H32O. The van der Waals surface area contributed by atoms with Gasteiger partial charge < -0.3 is 5.11 Å². The monoisotopic (exact) mass is 264 g/mol. The van der Waals surface area contributed by atoms with Gasteiger partial charge in [-0.25, -0.2) is 0 Å². The van der Waals surface area contributed by atoms with Gasteiger partial charge in [-0.15, -0.1) is 0 Å². The minimum absolute atomic E-state index is 0.332. The Kier molecular flexibility index (Phi) is 16.4. The van der Waals surface area contributed by atoms with Crippen LogP contribution in [0.5, 0.6) is 0 Å². The SMILES string of the molecule is CCCCCC=CCC=CC/C=C\CCCCCO. The molecule has 1 N–H and O–H groups in total. The highest BCUT2D eigenvalue weighted by atomic mass is 16.2. The summed E-state index contributed by atoms with van der Waals surface area (Å²) in [5.74, 6) is 0. The molecule has 0 spiro atoms. The van der Waals surface area contributed by atoms with Gasteiger partial charge in [0.1, 0.15) is 0 Å². The molecule has 0 aromatic carbocycles. The second-order valence-electron chi connectivity index (χ2n) is 4.95. The molecule has 0 saturated heterocycles. The maximum atomic E-state index is 8.64. The Labute approximate surface area is 120 Å². The van der Waals surface area contributed by atoms with Crippen molar-refractivity contribution in [1.29, 1.82) is 0 Å². The van der Waals surface area contributed by atoms with E-state index in [9.17, 15) is 0 Å². The van der Waals surface area contributed by atoms with Crippen molar-refractivity contribution < 1.29 is 5.11 Å². The molecule has 0 radical (unpaired) electrons. The molecule has 0 aliphatic heterocycles. The smallest absolute Gasteiger partial charge is 0.0431 e. The van der Waals surface area contributed by atoms with Crippen molar-refractivity contribution in [2.24, 2.45) is 0 Å². The molecule has 0 fully saturated rings. The van der Waals surface area contributed by atoms with E-state index in [2.05, 4.69) is 43.4 Å². The van der Waals surface area contributed by atoms with E-state index in [1.807, 2.05) is 0 Å². The molecule has 0 unspecified atom stereocenters. The van der Waals surface area contributed by atoms with Crippen molar-refractivity contribution >= 4 is 0 Å². The average molecular weight is 264 g/mol. The van der Waals surface area contributed by atoms with Gasteiger partial charge in [-0.1, -0.05) is 62.6 Å². The van der Waals surface area contributed by atoms with Crippen LogP contribution in [0.4, 0.5) is 0 Å². The lowest BCUT2D eigenvalue weighted by Gasteiger charge is -1.93. The number of rotatable bonds is 13. The summed E-state index contributed by atoms with van der Waals surface area (Å²) in [4.78, 5) is 0. The third-order valence-corrected chi connectivity index (χ3v) is 3.05. The molecule has 0 aromatic rings. The second-order valence-corrected chi connectivity index (χ2v) is 4.95. The Morgan fingerprint density at radius 2 is 1.16 bits per heavy atom. The normalized spacial score (nSPS) is 12.3. The molecule has 1 heteroatoms. The highest BCUT2D eigenvalue weighted by Gasteiger charge is 1.84. The van der Waals surface area contributed by atoms with Crippen molar-refractivity contribution in [3.63, 3.8) is 0 Å². The number of hydrogen-bond acceptors (Lipinski definition) is 1. The molecule has 0 atom stereocenters. The summed E-state index contributed by atoms with van der Waals surface area (Å²) in [6, 6.07) is 0. The summed E-state index contributed by atoms with van der Waals surface area (Å²) >= 11 is 0. The predicted octanol–water partition coefficient (Wildman–Crippen LogP) is 5.57. The zero-order valence-corrected chi connectivity index (χ0v) is 12.7. The first-order valence-electron chi connectivity index (χ1n) is 7.97. The van der Waals surface area contributed by atoms with E-state index in [0.717, 1.165) is 32.1 Å². The Balaban J connectivity index is 3.26. The van der Waals surface area contributed by atoms with Crippen LogP contribution in [-0.2, 0) is 0 Å². The van der Waals surface area contributed by atoms with Gasteiger partial charge in [-0.05, 0) is 44.9 Å². The van der Waals surface area contributed by atoms with Crippen LogP contribution in [0.15, 0.2) is 36.5 Å². The number of aliphatic hydroxyl groups excluding tert-OH is 1. The summed E-state index contributed by atoms with van der Waals surface area (Å²) in [5, 5.41) is 8.64. The fourth-order valence-electron chi connectivity index (χ4n) is 1.84. The lowest BCUT2D eigenvalue weighted by atomic mass is 10.2. The number of allylic oxidation sites excluding steroid dienone is 6. The topological polar surface area (TPSA) is 20.2 Å². The van der Waals surface area contributed by atoms with Crippen LogP contribution in [0.25, 0.3) is 0 Å². The molecule has 0 aliphatic rings. The number of unbranched alkanes of at least 4 members (excludes halogenated alkanes) is 6. The molecule has 0 bridgehead atoms. The Hall–Kier alpha value is -0.820. The molecular weight excluding hydrogens is 232 g/mol. The van der Waals surface area contributed by atoms with Gasteiger partial charge in [-0.3, -0.25) is 0 Å². The molecule has 0 heterocycles. The summed E-state index contributed by atoms with van der Waals surface area (Å²) in [7, 11) is 0. The molecule has 0 aliphatic carbocycles. The van der Waals surface area contributed by atoms with Gasteiger partial charge in [0, 0.05) is 6.61 Å². The Morgan fingerprint density at radius 3 is 1.68 bits per heavy atom. The van der Waals surface area contributed by atoms with Crippen LogP contribution in [-0.4, -0.2) is 11.7 Å². The molecule has 110 valence electrons. The zero-order chi connectivity index (χ0) is 14.0. The van der Waals surface area contributed by atoms with Crippen molar-refractivity contribution in [2.45, 2.75) is 71.1 Å². The van der Waals surface area contributed by atoms with Gasteiger partial charge in [0.15, 0.2) is 0 Å².